The summed E-state index contributed by atoms with van der Waals surface area (Å²) >= 11 is 5.98. The van der Waals surface area contributed by atoms with Crippen LogP contribution in [0.3, 0.4) is 0 Å². The number of carbonyl (C=O) groups excluding carboxylic acids is 1. The van der Waals surface area contributed by atoms with Crippen molar-refractivity contribution in [3.8, 4) is 0 Å². The number of rotatable bonds is 4. The minimum Gasteiger partial charge on any atom is -0.472 e. The van der Waals surface area contributed by atoms with Crippen molar-refractivity contribution in [1.82, 2.24) is 4.90 Å². The van der Waals surface area contributed by atoms with Gasteiger partial charge >= 0.3 is 0 Å². The van der Waals surface area contributed by atoms with Crippen molar-refractivity contribution in [3.05, 3.63) is 52.9 Å². The number of halogens is 1. The predicted molar refractivity (Wildman–Crippen MR) is 75.5 cm³/mol. The fraction of sp³-hybridized carbons (Fsp3) is 0.214. The quantitative estimate of drug-likeness (QED) is 0.934. The lowest BCUT2D eigenvalue weighted by Crippen LogP contribution is -2.22. The van der Waals surface area contributed by atoms with Crippen LogP contribution in [0.5, 0.6) is 0 Å². The van der Waals surface area contributed by atoms with Crippen LogP contribution in [0.2, 0.25) is 5.02 Å². The van der Waals surface area contributed by atoms with Gasteiger partial charge in [-0.2, -0.15) is 0 Å². The van der Waals surface area contributed by atoms with Crippen LogP contribution < -0.4 is 5.32 Å². The van der Waals surface area contributed by atoms with Gasteiger partial charge in [-0.25, -0.2) is 0 Å². The average molecular weight is 279 g/mol. The van der Waals surface area contributed by atoms with E-state index in [2.05, 4.69) is 5.32 Å². The van der Waals surface area contributed by atoms with Gasteiger partial charge in [0.1, 0.15) is 0 Å². The maximum Gasteiger partial charge on any atom is 0.255 e. The van der Waals surface area contributed by atoms with E-state index >= 15 is 0 Å². The van der Waals surface area contributed by atoms with Crippen LogP contribution >= 0.6 is 11.6 Å². The van der Waals surface area contributed by atoms with E-state index in [1.54, 1.807) is 44.8 Å². The second-order valence-corrected chi connectivity index (χ2v) is 4.81. The lowest BCUT2D eigenvalue weighted by Gasteiger charge is -2.15. The molecule has 0 saturated carbocycles. The summed E-state index contributed by atoms with van der Waals surface area (Å²) in [6.07, 6.45) is 3.27. The number of furan rings is 1. The van der Waals surface area contributed by atoms with Crippen LogP contribution in [0.25, 0.3) is 0 Å². The topological polar surface area (TPSA) is 45.5 Å². The summed E-state index contributed by atoms with van der Waals surface area (Å²) in [4.78, 5) is 13.6. The van der Waals surface area contributed by atoms with Gasteiger partial charge in [-0.3, -0.25) is 4.79 Å². The Balaban J connectivity index is 2.22. The number of anilines is 1. The normalized spacial score (nSPS) is 10.3. The van der Waals surface area contributed by atoms with E-state index in [1.807, 2.05) is 6.07 Å². The molecule has 0 saturated heterocycles. The molecule has 0 aliphatic rings. The SMILES string of the molecule is CN(C)C(=O)c1ccc(Cl)cc1NCc1ccoc1. The van der Waals surface area contributed by atoms with E-state index in [1.165, 1.54) is 4.90 Å². The van der Waals surface area contributed by atoms with Crippen molar-refractivity contribution < 1.29 is 9.21 Å². The van der Waals surface area contributed by atoms with Crippen molar-refractivity contribution in [3.63, 3.8) is 0 Å². The zero-order valence-corrected chi connectivity index (χ0v) is 11.6. The van der Waals surface area contributed by atoms with E-state index in [0.717, 1.165) is 5.56 Å². The fourth-order valence-electron chi connectivity index (χ4n) is 1.68. The maximum absolute atomic E-state index is 12.1. The number of nitrogens with one attached hydrogen (secondary N) is 1. The monoisotopic (exact) mass is 278 g/mol. The van der Waals surface area contributed by atoms with E-state index in [4.69, 9.17) is 16.0 Å². The first-order valence-corrected chi connectivity index (χ1v) is 6.22. The number of carbonyl (C=O) groups is 1. The lowest BCUT2D eigenvalue weighted by atomic mass is 10.1. The largest absolute Gasteiger partial charge is 0.472 e. The van der Waals surface area contributed by atoms with Gasteiger partial charge < -0.3 is 14.6 Å². The summed E-state index contributed by atoms with van der Waals surface area (Å²) in [6.45, 7) is 0.574. The smallest absolute Gasteiger partial charge is 0.255 e. The summed E-state index contributed by atoms with van der Waals surface area (Å²) in [5.41, 5.74) is 2.31. The highest BCUT2D eigenvalue weighted by molar-refractivity contribution is 6.31. The molecule has 1 heterocycles. The summed E-state index contributed by atoms with van der Waals surface area (Å²) in [6, 6.07) is 7.05. The van der Waals surface area contributed by atoms with Crippen molar-refractivity contribution in [1.29, 1.82) is 0 Å². The third-order valence-electron chi connectivity index (χ3n) is 2.68. The first-order chi connectivity index (χ1) is 9.08. The van der Waals surface area contributed by atoms with Gasteiger partial charge in [0.05, 0.1) is 18.1 Å². The van der Waals surface area contributed by atoms with Crippen molar-refractivity contribution >= 4 is 23.2 Å². The number of hydrogen-bond acceptors (Lipinski definition) is 3. The molecule has 0 aliphatic heterocycles. The zero-order chi connectivity index (χ0) is 13.8. The Labute approximate surface area is 117 Å². The van der Waals surface area contributed by atoms with Crippen LogP contribution in [0.1, 0.15) is 15.9 Å². The fourth-order valence-corrected chi connectivity index (χ4v) is 1.85. The molecule has 1 aromatic carbocycles. The van der Waals surface area contributed by atoms with E-state index in [0.29, 0.717) is 22.8 Å². The first-order valence-electron chi connectivity index (χ1n) is 5.84. The Morgan fingerprint density at radius 3 is 2.79 bits per heavy atom. The molecule has 100 valence electrons. The molecular weight excluding hydrogens is 264 g/mol. The van der Waals surface area contributed by atoms with Crippen LogP contribution in [0.15, 0.2) is 41.2 Å². The molecule has 0 aliphatic carbocycles. The van der Waals surface area contributed by atoms with Gasteiger partial charge in [0.25, 0.3) is 5.91 Å². The van der Waals surface area contributed by atoms with Gasteiger partial charge in [-0.1, -0.05) is 11.6 Å². The van der Waals surface area contributed by atoms with Crippen LogP contribution in [0, 0.1) is 0 Å². The average Bonchev–Trinajstić information content (AvgIpc) is 2.88. The van der Waals surface area contributed by atoms with Crippen LogP contribution in [-0.2, 0) is 6.54 Å². The van der Waals surface area contributed by atoms with Gasteiger partial charge in [0.15, 0.2) is 0 Å². The Morgan fingerprint density at radius 1 is 1.37 bits per heavy atom. The third-order valence-corrected chi connectivity index (χ3v) is 2.92. The van der Waals surface area contributed by atoms with Crippen LogP contribution in [-0.4, -0.2) is 24.9 Å². The Hall–Kier alpha value is -1.94. The molecule has 19 heavy (non-hydrogen) atoms. The second-order valence-electron chi connectivity index (χ2n) is 4.37. The Bertz CT molecular complexity index is 565. The van der Waals surface area contributed by atoms with Crippen LogP contribution in [0.4, 0.5) is 5.69 Å². The van der Waals surface area contributed by atoms with Crippen molar-refractivity contribution in [2.24, 2.45) is 0 Å². The molecule has 0 unspecified atom stereocenters. The molecular formula is C14H15ClN2O2. The highest BCUT2D eigenvalue weighted by Crippen LogP contribution is 2.22. The molecule has 4 nitrogen and oxygen atoms in total. The molecule has 0 fully saturated rings. The van der Waals surface area contributed by atoms with E-state index in [9.17, 15) is 4.79 Å². The molecule has 1 amide bonds. The highest BCUT2D eigenvalue weighted by Gasteiger charge is 2.13. The molecule has 0 spiro atoms. The third kappa shape index (κ3) is 3.29. The van der Waals surface area contributed by atoms with E-state index in [-0.39, 0.29) is 5.91 Å². The van der Waals surface area contributed by atoms with Crippen molar-refractivity contribution in [2.45, 2.75) is 6.54 Å². The molecule has 0 radical (unpaired) electrons. The zero-order valence-electron chi connectivity index (χ0n) is 10.8. The summed E-state index contributed by atoms with van der Waals surface area (Å²) < 4.78 is 5.00. The number of benzene rings is 1. The Morgan fingerprint density at radius 2 is 2.16 bits per heavy atom. The Kier molecular flexibility index (Phi) is 4.12. The maximum atomic E-state index is 12.1. The standard InChI is InChI=1S/C14H15ClN2O2/c1-17(2)14(18)12-4-3-11(15)7-13(12)16-8-10-5-6-19-9-10/h3-7,9,16H,8H2,1-2H3. The predicted octanol–water partition coefficient (Wildman–Crippen LogP) is 3.25. The molecule has 5 heteroatoms. The summed E-state index contributed by atoms with van der Waals surface area (Å²) in [7, 11) is 3.44. The van der Waals surface area contributed by atoms with Gasteiger partial charge in [0, 0.05) is 36.9 Å². The van der Waals surface area contributed by atoms with Gasteiger partial charge in [-0.15, -0.1) is 0 Å². The summed E-state index contributed by atoms with van der Waals surface area (Å²) in [5.74, 6) is -0.0636. The first kappa shape index (κ1) is 13.5. The number of nitrogens with zero attached hydrogens (tertiary/aromatic N) is 1. The molecule has 0 atom stereocenters. The van der Waals surface area contributed by atoms with Gasteiger partial charge in [-0.05, 0) is 24.3 Å². The van der Waals surface area contributed by atoms with Gasteiger partial charge in [0.2, 0.25) is 0 Å². The summed E-state index contributed by atoms with van der Waals surface area (Å²) in [5, 5.41) is 3.79. The molecule has 2 aromatic rings. The molecule has 0 bridgehead atoms. The molecule has 2 rings (SSSR count). The van der Waals surface area contributed by atoms with Crippen molar-refractivity contribution in [2.75, 3.05) is 19.4 Å². The minimum absolute atomic E-state index is 0.0636. The number of hydrogen-bond donors (Lipinski definition) is 1. The second kappa shape index (κ2) is 5.80. The lowest BCUT2D eigenvalue weighted by molar-refractivity contribution is 0.0828. The highest BCUT2D eigenvalue weighted by atomic mass is 35.5. The molecule has 1 N–H and O–H groups in total. The number of amides is 1. The minimum atomic E-state index is -0.0636. The van der Waals surface area contributed by atoms with E-state index < -0.39 is 0 Å². The molecule has 1 aromatic heterocycles.